The zero-order valence-electron chi connectivity index (χ0n) is 28.1. The van der Waals surface area contributed by atoms with E-state index in [0.29, 0.717) is 19.6 Å². The molecular weight excluding hydrogens is 516 g/mol. The van der Waals surface area contributed by atoms with Gasteiger partial charge in [-0.05, 0) is 51.4 Å². The van der Waals surface area contributed by atoms with E-state index in [2.05, 4.69) is 43.4 Å². The number of allylic oxidation sites excluding steroid dienone is 6. The average molecular weight is 589 g/mol. The summed E-state index contributed by atoms with van der Waals surface area (Å²) in [5.74, 6) is 0.00137. The molecule has 0 heterocycles. The Morgan fingerprint density at radius 2 is 0.857 bits per heavy atom. The average Bonchev–Trinajstić information content (AvgIpc) is 3.00. The van der Waals surface area contributed by atoms with Crippen LogP contribution in [-0.2, 0) is 9.53 Å². The molecule has 0 amide bonds. The second-order valence-corrected chi connectivity index (χ2v) is 12.3. The molecule has 0 bridgehead atoms. The van der Waals surface area contributed by atoms with Crippen molar-refractivity contribution in [1.29, 1.82) is 0 Å². The van der Waals surface area contributed by atoms with Gasteiger partial charge in [0.05, 0.1) is 6.61 Å². The van der Waals surface area contributed by atoms with Gasteiger partial charge in [0, 0.05) is 13.0 Å². The van der Waals surface area contributed by atoms with E-state index in [4.69, 9.17) is 9.84 Å². The van der Waals surface area contributed by atoms with Crippen molar-refractivity contribution in [3.63, 3.8) is 0 Å². The van der Waals surface area contributed by atoms with Crippen molar-refractivity contribution in [2.24, 2.45) is 0 Å². The van der Waals surface area contributed by atoms with Gasteiger partial charge in [-0.25, -0.2) is 0 Å². The molecule has 0 rings (SSSR count). The molecule has 0 aromatic rings. The summed E-state index contributed by atoms with van der Waals surface area (Å²) in [4.78, 5) is 11.9. The molecule has 1 N–H and O–H groups in total. The second kappa shape index (κ2) is 37.7. The minimum atomic E-state index is 0.00137. The molecule has 0 atom stereocenters. The molecule has 3 nitrogen and oxygen atoms in total. The number of hydrogen-bond acceptors (Lipinski definition) is 3. The zero-order valence-corrected chi connectivity index (χ0v) is 28.1. The monoisotopic (exact) mass is 589 g/mol. The zero-order chi connectivity index (χ0) is 30.4. The lowest BCUT2D eigenvalue weighted by Gasteiger charge is -2.06. The van der Waals surface area contributed by atoms with Gasteiger partial charge in [-0.2, -0.15) is 0 Å². The largest absolute Gasteiger partial charge is 0.466 e. The fraction of sp³-hybridized carbons (Fsp3) is 0.821. The smallest absolute Gasteiger partial charge is 0.305 e. The molecule has 246 valence electrons. The maximum atomic E-state index is 11.9. The number of rotatable bonds is 34. The van der Waals surface area contributed by atoms with Gasteiger partial charge in [0.1, 0.15) is 0 Å². The summed E-state index contributed by atoms with van der Waals surface area (Å²) in [7, 11) is 0. The van der Waals surface area contributed by atoms with Crippen LogP contribution in [0.2, 0.25) is 0 Å². The molecule has 0 fully saturated rings. The third-order valence-corrected chi connectivity index (χ3v) is 8.10. The van der Waals surface area contributed by atoms with Gasteiger partial charge in [-0.15, -0.1) is 0 Å². The van der Waals surface area contributed by atoms with Crippen LogP contribution in [0.5, 0.6) is 0 Å². The quantitative estimate of drug-likeness (QED) is 0.0462. The molecule has 0 saturated heterocycles. The van der Waals surface area contributed by atoms with Crippen molar-refractivity contribution in [1.82, 2.24) is 0 Å². The van der Waals surface area contributed by atoms with Gasteiger partial charge in [0.15, 0.2) is 0 Å². The summed E-state index contributed by atoms with van der Waals surface area (Å²) < 4.78 is 5.43. The predicted octanol–water partition coefficient (Wildman–Crippen LogP) is 12.5. The van der Waals surface area contributed by atoms with Gasteiger partial charge in [0.2, 0.25) is 0 Å². The topological polar surface area (TPSA) is 46.5 Å². The Labute approximate surface area is 263 Å². The molecule has 0 aliphatic heterocycles. The number of esters is 1. The molecule has 0 radical (unpaired) electrons. The second-order valence-electron chi connectivity index (χ2n) is 12.3. The van der Waals surface area contributed by atoms with Crippen LogP contribution in [0, 0.1) is 0 Å². The molecule has 0 unspecified atom stereocenters. The van der Waals surface area contributed by atoms with Gasteiger partial charge in [-0.1, -0.05) is 172 Å². The van der Waals surface area contributed by atoms with Gasteiger partial charge in [-0.3, -0.25) is 4.79 Å². The molecule has 0 saturated carbocycles. The van der Waals surface area contributed by atoms with Crippen LogP contribution in [0.15, 0.2) is 36.5 Å². The molecule has 0 aliphatic rings. The molecular formula is C39H72O3. The molecule has 0 spiro atoms. The minimum absolute atomic E-state index is 0.00137. The van der Waals surface area contributed by atoms with Crippen molar-refractivity contribution in [3.05, 3.63) is 36.5 Å². The lowest BCUT2D eigenvalue weighted by Crippen LogP contribution is -2.05. The predicted molar refractivity (Wildman–Crippen MR) is 185 cm³/mol. The van der Waals surface area contributed by atoms with Gasteiger partial charge < -0.3 is 9.84 Å². The fourth-order valence-electron chi connectivity index (χ4n) is 5.37. The van der Waals surface area contributed by atoms with E-state index in [1.807, 2.05) is 0 Å². The Morgan fingerprint density at radius 1 is 0.476 bits per heavy atom. The Morgan fingerprint density at radius 3 is 1.33 bits per heavy atom. The lowest BCUT2D eigenvalue weighted by atomic mass is 10.0. The summed E-state index contributed by atoms with van der Waals surface area (Å²) in [6, 6.07) is 0. The first kappa shape index (κ1) is 40.6. The number of carbonyl (C=O) groups is 1. The van der Waals surface area contributed by atoms with E-state index in [1.54, 1.807) is 0 Å². The number of aliphatic hydroxyl groups excluding tert-OH is 1. The van der Waals surface area contributed by atoms with E-state index in [1.165, 1.54) is 135 Å². The standard InChI is InChI=1S/C39H72O3/c1-2-3-4-5-6-7-8-9-15-18-21-24-27-30-33-36-39(41)42-38-35-32-29-26-23-20-17-14-12-10-11-13-16-19-22-25-28-31-34-37-40/h3-4,6-7,9,15,40H,2,5,8,10-14,16-38H2,1H3/b4-3-,7-6-,15-9-. The highest BCUT2D eigenvalue weighted by atomic mass is 16.5. The highest BCUT2D eigenvalue weighted by Crippen LogP contribution is 2.15. The summed E-state index contributed by atoms with van der Waals surface area (Å²) in [5, 5.41) is 8.79. The first-order valence-corrected chi connectivity index (χ1v) is 18.5. The maximum absolute atomic E-state index is 11.9. The maximum Gasteiger partial charge on any atom is 0.305 e. The van der Waals surface area contributed by atoms with Crippen molar-refractivity contribution in [3.8, 4) is 0 Å². The normalized spacial score (nSPS) is 12.0. The van der Waals surface area contributed by atoms with Gasteiger partial charge in [0.25, 0.3) is 0 Å². The minimum Gasteiger partial charge on any atom is -0.466 e. The van der Waals surface area contributed by atoms with Crippen LogP contribution in [0.1, 0.15) is 193 Å². The van der Waals surface area contributed by atoms with Gasteiger partial charge >= 0.3 is 5.97 Å². The van der Waals surface area contributed by atoms with Crippen molar-refractivity contribution < 1.29 is 14.6 Å². The van der Waals surface area contributed by atoms with E-state index in [9.17, 15) is 4.79 Å². The van der Waals surface area contributed by atoms with Crippen LogP contribution >= 0.6 is 0 Å². The van der Waals surface area contributed by atoms with E-state index >= 15 is 0 Å². The summed E-state index contributed by atoms with van der Waals surface area (Å²) in [5.41, 5.74) is 0. The Bertz CT molecular complexity index is 607. The molecule has 42 heavy (non-hydrogen) atoms. The van der Waals surface area contributed by atoms with Crippen molar-refractivity contribution in [2.45, 2.75) is 193 Å². The highest BCUT2D eigenvalue weighted by Gasteiger charge is 2.02. The number of unbranched alkanes of at least 4 members (excludes halogenated alkanes) is 23. The molecule has 0 aliphatic carbocycles. The van der Waals surface area contributed by atoms with Crippen LogP contribution in [0.25, 0.3) is 0 Å². The Hall–Kier alpha value is -1.35. The first-order chi connectivity index (χ1) is 20.8. The van der Waals surface area contributed by atoms with Crippen LogP contribution in [0.4, 0.5) is 0 Å². The fourth-order valence-corrected chi connectivity index (χ4v) is 5.37. The van der Waals surface area contributed by atoms with E-state index in [-0.39, 0.29) is 5.97 Å². The number of ether oxygens (including phenoxy) is 1. The highest BCUT2D eigenvalue weighted by molar-refractivity contribution is 5.69. The summed E-state index contributed by atoms with van der Waals surface area (Å²) in [6.07, 6.45) is 49.4. The first-order valence-electron chi connectivity index (χ1n) is 18.5. The van der Waals surface area contributed by atoms with Crippen molar-refractivity contribution >= 4 is 5.97 Å². The Kier molecular flexibility index (Phi) is 36.5. The SMILES string of the molecule is CC/C=C\C/C=C\C/C=C\CCCCCCCC(=O)OCCCCCCCCCCCCCCCCCCCCCO. The molecule has 0 aromatic heterocycles. The summed E-state index contributed by atoms with van der Waals surface area (Å²) in [6.45, 7) is 3.14. The number of hydrogen-bond donors (Lipinski definition) is 1. The Balaban J connectivity index is 3.21. The molecule has 3 heteroatoms. The third kappa shape index (κ3) is 36.7. The van der Waals surface area contributed by atoms with Crippen LogP contribution in [0.3, 0.4) is 0 Å². The van der Waals surface area contributed by atoms with Crippen molar-refractivity contribution in [2.75, 3.05) is 13.2 Å². The molecule has 0 aromatic carbocycles. The third-order valence-electron chi connectivity index (χ3n) is 8.10. The van der Waals surface area contributed by atoms with Crippen LogP contribution < -0.4 is 0 Å². The van der Waals surface area contributed by atoms with Crippen LogP contribution in [-0.4, -0.2) is 24.3 Å². The van der Waals surface area contributed by atoms with E-state index in [0.717, 1.165) is 44.9 Å². The lowest BCUT2D eigenvalue weighted by molar-refractivity contribution is -0.143. The van der Waals surface area contributed by atoms with E-state index < -0.39 is 0 Å². The summed E-state index contributed by atoms with van der Waals surface area (Å²) >= 11 is 0. The number of aliphatic hydroxyl groups is 1. The number of carbonyl (C=O) groups excluding carboxylic acids is 1.